The molecule has 1 unspecified atom stereocenters. The minimum Gasteiger partial charge on any atom is -0.461 e. The van der Waals surface area contributed by atoms with Crippen LogP contribution in [0.5, 0.6) is 0 Å². The summed E-state index contributed by atoms with van der Waals surface area (Å²) in [5.41, 5.74) is 1.23. The summed E-state index contributed by atoms with van der Waals surface area (Å²) in [7, 11) is 3.98. The molecule has 4 rings (SSSR count). The molecule has 2 aliphatic rings. The van der Waals surface area contributed by atoms with Crippen LogP contribution in [0.3, 0.4) is 0 Å². The number of rotatable bonds is 3. The summed E-state index contributed by atoms with van der Waals surface area (Å²) < 4.78 is 6.65. The summed E-state index contributed by atoms with van der Waals surface area (Å²) in [4.78, 5) is 33.8. The fourth-order valence-corrected chi connectivity index (χ4v) is 5.11. The van der Waals surface area contributed by atoms with Crippen molar-refractivity contribution in [3.8, 4) is 0 Å². The monoisotopic (exact) mass is 387 g/mol. The number of hydrogen-bond acceptors (Lipinski definition) is 6. The van der Waals surface area contributed by atoms with E-state index in [0.717, 1.165) is 28.2 Å². The second-order valence-electron chi connectivity index (χ2n) is 7.98. The van der Waals surface area contributed by atoms with Crippen molar-refractivity contribution in [3.63, 3.8) is 0 Å². The van der Waals surface area contributed by atoms with Crippen LogP contribution in [0.2, 0.25) is 0 Å². The summed E-state index contributed by atoms with van der Waals surface area (Å²) in [6, 6.07) is 5.70. The SMILES string of the molecule is Cc1nc2ccc(C(=O)N3CCC4(CC3)CC(CN(C)C)OC4=O)cc2s1. The molecule has 1 atom stereocenters. The fraction of sp³-hybridized carbons (Fsp3) is 0.550. The number of carbonyl (C=O) groups is 2. The lowest BCUT2D eigenvalue weighted by Gasteiger charge is -2.36. The average molecular weight is 388 g/mol. The summed E-state index contributed by atoms with van der Waals surface area (Å²) in [5, 5.41) is 1.00. The highest BCUT2D eigenvalue weighted by molar-refractivity contribution is 7.18. The molecule has 2 fully saturated rings. The number of carbonyl (C=O) groups excluding carboxylic acids is 2. The first-order valence-electron chi connectivity index (χ1n) is 9.39. The van der Waals surface area contributed by atoms with Crippen LogP contribution in [0.15, 0.2) is 18.2 Å². The van der Waals surface area contributed by atoms with Gasteiger partial charge < -0.3 is 14.5 Å². The lowest BCUT2D eigenvalue weighted by molar-refractivity contribution is -0.150. The van der Waals surface area contributed by atoms with Crippen LogP contribution in [0, 0.1) is 12.3 Å². The average Bonchev–Trinajstić information content (AvgIpc) is 3.13. The molecule has 3 heterocycles. The molecule has 2 aliphatic heterocycles. The molecule has 2 saturated heterocycles. The Morgan fingerprint density at radius 3 is 2.81 bits per heavy atom. The van der Waals surface area contributed by atoms with Gasteiger partial charge in [0.25, 0.3) is 5.91 Å². The molecule has 0 N–H and O–H groups in total. The van der Waals surface area contributed by atoms with Crippen molar-refractivity contribution < 1.29 is 14.3 Å². The number of aryl methyl sites for hydroxylation is 1. The van der Waals surface area contributed by atoms with Crippen LogP contribution < -0.4 is 0 Å². The minimum absolute atomic E-state index is 0.0354. The first-order valence-corrected chi connectivity index (χ1v) is 10.2. The van der Waals surface area contributed by atoms with Gasteiger partial charge in [0.05, 0.1) is 20.6 Å². The number of piperidine rings is 1. The number of ether oxygens (including phenoxy) is 1. The third-order valence-corrected chi connectivity index (χ3v) is 6.58. The normalized spacial score (nSPS) is 22.0. The van der Waals surface area contributed by atoms with Gasteiger partial charge in [-0.3, -0.25) is 9.59 Å². The van der Waals surface area contributed by atoms with Crippen LogP contribution >= 0.6 is 11.3 Å². The number of cyclic esters (lactones) is 1. The molecule has 6 nitrogen and oxygen atoms in total. The molecular weight excluding hydrogens is 362 g/mol. The lowest BCUT2D eigenvalue weighted by atomic mass is 9.76. The Morgan fingerprint density at radius 1 is 1.37 bits per heavy atom. The molecule has 1 amide bonds. The molecule has 0 bridgehead atoms. The number of esters is 1. The summed E-state index contributed by atoms with van der Waals surface area (Å²) in [5.74, 6) is -0.0444. The van der Waals surface area contributed by atoms with Crippen molar-refractivity contribution in [2.24, 2.45) is 5.41 Å². The quantitative estimate of drug-likeness (QED) is 0.758. The van der Waals surface area contributed by atoms with Gasteiger partial charge in [0, 0.05) is 31.6 Å². The molecule has 1 spiro atoms. The topological polar surface area (TPSA) is 62.7 Å². The van der Waals surface area contributed by atoms with E-state index in [1.54, 1.807) is 11.3 Å². The molecule has 2 aromatic rings. The number of likely N-dealkylation sites (N-methyl/N-ethyl adjacent to an activating group) is 1. The number of likely N-dealkylation sites (tertiary alicyclic amines) is 1. The molecule has 0 saturated carbocycles. The van der Waals surface area contributed by atoms with Crippen molar-refractivity contribution in [1.82, 2.24) is 14.8 Å². The van der Waals surface area contributed by atoms with Crippen LogP contribution in [-0.4, -0.2) is 66.5 Å². The predicted octanol–water partition coefficient (Wildman–Crippen LogP) is 2.70. The standard InChI is InChI=1S/C20H25N3O3S/c1-13-21-16-5-4-14(10-17(16)27-13)18(24)23-8-6-20(7-9-23)11-15(12-22(2)3)26-19(20)25/h4-5,10,15H,6-9,11-12H2,1-3H3. The number of nitrogens with zero attached hydrogens (tertiary/aromatic N) is 3. The van der Waals surface area contributed by atoms with E-state index in [1.165, 1.54) is 0 Å². The number of amides is 1. The Morgan fingerprint density at radius 2 is 2.11 bits per heavy atom. The van der Waals surface area contributed by atoms with Gasteiger partial charge in [-0.05, 0) is 52.1 Å². The van der Waals surface area contributed by atoms with E-state index >= 15 is 0 Å². The van der Waals surface area contributed by atoms with Gasteiger partial charge in [-0.15, -0.1) is 11.3 Å². The number of thiazole rings is 1. The first-order chi connectivity index (χ1) is 12.9. The zero-order valence-corrected chi connectivity index (χ0v) is 16.8. The Hall–Kier alpha value is -1.99. The van der Waals surface area contributed by atoms with Crippen LogP contribution in [-0.2, 0) is 9.53 Å². The van der Waals surface area contributed by atoms with Gasteiger partial charge in [-0.25, -0.2) is 4.98 Å². The minimum atomic E-state index is -0.407. The molecular formula is C20H25N3O3S. The smallest absolute Gasteiger partial charge is 0.312 e. The maximum atomic E-state index is 12.9. The summed E-state index contributed by atoms with van der Waals surface area (Å²) in [6.07, 6.45) is 2.09. The molecule has 1 aromatic heterocycles. The Kier molecular flexibility index (Phi) is 4.68. The molecule has 0 radical (unpaired) electrons. The molecule has 27 heavy (non-hydrogen) atoms. The van der Waals surface area contributed by atoms with Crippen molar-refractivity contribution in [2.45, 2.75) is 32.3 Å². The van der Waals surface area contributed by atoms with E-state index < -0.39 is 5.41 Å². The van der Waals surface area contributed by atoms with Crippen LogP contribution in [0.1, 0.15) is 34.6 Å². The van der Waals surface area contributed by atoms with Gasteiger partial charge in [0.2, 0.25) is 0 Å². The highest BCUT2D eigenvalue weighted by atomic mass is 32.1. The molecule has 144 valence electrons. The Balaban J connectivity index is 1.44. The van der Waals surface area contributed by atoms with Gasteiger partial charge in [-0.1, -0.05) is 0 Å². The van der Waals surface area contributed by atoms with Gasteiger partial charge in [0.15, 0.2) is 0 Å². The molecule has 1 aromatic carbocycles. The van der Waals surface area contributed by atoms with Crippen LogP contribution in [0.4, 0.5) is 0 Å². The largest absolute Gasteiger partial charge is 0.461 e. The molecule has 0 aliphatic carbocycles. The van der Waals surface area contributed by atoms with Crippen molar-refractivity contribution in [2.75, 3.05) is 33.7 Å². The number of fused-ring (bicyclic) bond motifs is 1. The summed E-state index contributed by atoms with van der Waals surface area (Å²) in [6.45, 7) is 3.93. The second kappa shape index (κ2) is 6.87. The van der Waals surface area contributed by atoms with E-state index in [9.17, 15) is 9.59 Å². The van der Waals surface area contributed by atoms with Crippen molar-refractivity contribution in [1.29, 1.82) is 0 Å². The second-order valence-corrected chi connectivity index (χ2v) is 9.22. The first kappa shape index (κ1) is 18.4. The Labute approximate surface area is 163 Å². The maximum absolute atomic E-state index is 12.9. The number of aromatic nitrogens is 1. The van der Waals surface area contributed by atoms with Gasteiger partial charge >= 0.3 is 5.97 Å². The highest BCUT2D eigenvalue weighted by Crippen LogP contribution is 2.43. The predicted molar refractivity (Wildman–Crippen MR) is 105 cm³/mol. The lowest BCUT2D eigenvalue weighted by Crippen LogP contribution is -2.45. The van der Waals surface area contributed by atoms with Gasteiger partial charge in [-0.2, -0.15) is 0 Å². The van der Waals surface area contributed by atoms with E-state index in [1.807, 2.05) is 49.0 Å². The van der Waals surface area contributed by atoms with Gasteiger partial charge in [0.1, 0.15) is 6.10 Å². The van der Waals surface area contributed by atoms with E-state index in [0.29, 0.717) is 31.5 Å². The molecule has 7 heteroatoms. The van der Waals surface area contributed by atoms with E-state index in [2.05, 4.69) is 4.98 Å². The third-order valence-electron chi connectivity index (χ3n) is 5.64. The maximum Gasteiger partial charge on any atom is 0.312 e. The zero-order chi connectivity index (χ0) is 19.2. The van der Waals surface area contributed by atoms with E-state index in [-0.39, 0.29) is 18.0 Å². The number of hydrogen-bond donors (Lipinski definition) is 0. The van der Waals surface area contributed by atoms with Crippen molar-refractivity contribution in [3.05, 3.63) is 28.8 Å². The fourth-order valence-electron chi connectivity index (χ4n) is 4.25. The number of benzene rings is 1. The van der Waals surface area contributed by atoms with Crippen LogP contribution in [0.25, 0.3) is 10.2 Å². The third kappa shape index (κ3) is 3.46. The summed E-state index contributed by atoms with van der Waals surface area (Å²) >= 11 is 1.60. The van der Waals surface area contributed by atoms with Crippen molar-refractivity contribution >= 4 is 33.4 Å². The Bertz CT molecular complexity index is 884. The zero-order valence-electron chi connectivity index (χ0n) is 16.0. The highest BCUT2D eigenvalue weighted by Gasteiger charge is 2.50. The van der Waals surface area contributed by atoms with E-state index in [4.69, 9.17) is 4.74 Å².